The highest BCUT2D eigenvalue weighted by Crippen LogP contribution is 2.35. The molecule has 6 nitrogen and oxygen atoms in total. The number of alkyl halides is 3. The molecule has 0 aliphatic carbocycles. The van der Waals surface area contributed by atoms with E-state index < -0.39 is 29.7 Å². The summed E-state index contributed by atoms with van der Waals surface area (Å²) in [7, 11) is 0. The summed E-state index contributed by atoms with van der Waals surface area (Å²) in [6, 6.07) is 4.38. The maximum absolute atomic E-state index is 12.8. The summed E-state index contributed by atoms with van der Waals surface area (Å²) in [5, 5.41) is 11.4. The molecule has 1 aromatic carbocycles. The van der Waals surface area contributed by atoms with Crippen molar-refractivity contribution in [2.45, 2.75) is 12.6 Å². The second-order valence-electron chi connectivity index (χ2n) is 5.34. The molecule has 0 bridgehead atoms. The van der Waals surface area contributed by atoms with E-state index >= 15 is 0 Å². The van der Waals surface area contributed by atoms with Gasteiger partial charge in [-0.1, -0.05) is 12.1 Å². The standard InChI is InChI=1S/C15H17F3N2O4/c16-15(17,18)11-3-1-2-4-12(11)24-8-6-19-14(23)20-7-5-10(9-20)13(21)22/h1-4,10H,5-9H2,(H,19,23)(H,21,22). The smallest absolute Gasteiger partial charge is 0.419 e. The van der Waals surface area contributed by atoms with Crippen LogP contribution in [-0.4, -0.2) is 48.2 Å². The van der Waals surface area contributed by atoms with E-state index in [0.29, 0.717) is 13.0 Å². The largest absolute Gasteiger partial charge is 0.491 e. The van der Waals surface area contributed by atoms with Gasteiger partial charge in [0.25, 0.3) is 0 Å². The van der Waals surface area contributed by atoms with Crippen LogP contribution in [-0.2, 0) is 11.0 Å². The van der Waals surface area contributed by atoms with Gasteiger partial charge >= 0.3 is 18.2 Å². The Morgan fingerprint density at radius 2 is 2.04 bits per heavy atom. The number of likely N-dealkylation sites (tertiary alicyclic amines) is 1. The van der Waals surface area contributed by atoms with Gasteiger partial charge in [0.15, 0.2) is 0 Å². The van der Waals surface area contributed by atoms with Crippen molar-refractivity contribution < 1.29 is 32.6 Å². The molecular formula is C15H17F3N2O4. The number of hydrogen-bond acceptors (Lipinski definition) is 3. The molecule has 1 saturated heterocycles. The number of rotatable bonds is 5. The first-order valence-electron chi connectivity index (χ1n) is 7.33. The number of halogens is 3. The highest BCUT2D eigenvalue weighted by molar-refractivity contribution is 5.77. The first kappa shape index (κ1) is 17.9. The predicted octanol–water partition coefficient (Wildman–Crippen LogP) is 2.20. The number of urea groups is 1. The van der Waals surface area contributed by atoms with Gasteiger partial charge in [0, 0.05) is 13.1 Å². The molecule has 1 heterocycles. The van der Waals surface area contributed by atoms with E-state index in [-0.39, 0.29) is 25.4 Å². The quantitative estimate of drug-likeness (QED) is 0.801. The fraction of sp³-hybridized carbons (Fsp3) is 0.467. The topological polar surface area (TPSA) is 78.9 Å². The number of nitrogens with zero attached hydrogens (tertiary/aromatic N) is 1. The number of para-hydroxylation sites is 1. The molecule has 1 fully saturated rings. The number of carbonyl (C=O) groups excluding carboxylic acids is 1. The van der Waals surface area contributed by atoms with Gasteiger partial charge in [-0.15, -0.1) is 0 Å². The van der Waals surface area contributed by atoms with Crippen molar-refractivity contribution in [2.24, 2.45) is 5.92 Å². The zero-order valence-corrected chi connectivity index (χ0v) is 12.7. The number of ether oxygens (including phenoxy) is 1. The maximum atomic E-state index is 12.8. The first-order valence-corrected chi connectivity index (χ1v) is 7.33. The Bertz CT molecular complexity index is 607. The van der Waals surface area contributed by atoms with Crippen LogP contribution in [0.5, 0.6) is 5.75 Å². The molecule has 0 spiro atoms. The summed E-state index contributed by atoms with van der Waals surface area (Å²) in [5.41, 5.74) is -0.875. The zero-order valence-electron chi connectivity index (χ0n) is 12.7. The molecule has 132 valence electrons. The average Bonchev–Trinajstić information content (AvgIpc) is 3.01. The van der Waals surface area contributed by atoms with Crippen molar-refractivity contribution in [3.8, 4) is 5.75 Å². The second-order valence-corrected chi connectivity index (χ2v) is 5.34. The summed E-state index contributed by atoms with van der Waals surface area (Å²) in [6.07, 6.45) is -4.13. The third-order valence-electron chi connectivity index (χ3n) is 3.65. The van der Waals surface area contributed by atoms with Crippen LogP contribution in [0.25, 0.3) is 0 Å². The van der Waals surface area contributed by atoms with Gasteiger partial charge in [0.2, 0.25) is 0 Å². The Morgan fingerprint density at radius 3 is 2.67 bits per heavy atom. The lowest BCUT2D eigenvalue weighted by Crippen LogP contribution is -2.40. The van der Waals surface area contributed by atoms with Crippen LogP contribution in [0.4, 0.5) is 18.0 Å². The minimum absolute atomic E-state index is 0.0132. The average molecular weight is 346 g/mol. The zero-order chi connectivity index (χ0) is 17.7. The molecule has 0 saturated carbocycles. The van der Waals surface area contributed by atoms with E-state index in [1.807, 2.05) is 0 Å². The second kappa shape index (κ2) is 7.41. The van der Waals surface area contributed by atoms with Crippen LogP contribution in [0.3, 0.4) is 0 Å². The molecule has 0 radical (unpaired) electrons. The summed E-state index contributed by atoms with van der Waals surface area (Å²) < 4.78 is 43.5. The van der Waals surface area contributed by atoms with Crippen LogP contribution in [0.15, 0.2) is 24.3 Å². The number of aliphatic carboxylic acids is 1. The third kappa shape index (κ3) is 4.53. The summed E-state index contributed by atoms with van der Waals surface area (Å²) in [5.74, 6) is -1.82. The Hall–Kier alpha value is -2.45. The highest BCUT2D eigenvalue weighted by atomic mass is 19.4. The normalized spacial score (nSPS) is 17.6. The van der Waals surface area contributed by atoms with Crippen molar-refractivity contribution >= 4 is 12.0 Å². The highest BCUT2D eigenvalue weighted by Gasteiger charge is 2.34. The molecule has 2 N–H and O–H groups in total. The Balaban J connectivity index is 1.78. The van der Waals surface area contributed by atoms with Gasteiger partial charge in [-0.3, -0.25) is 4.79 Å². The van der Waals surface area contributed by atoms with Gasteiger partial charge in [-0.05, 0) is 18.6 Å². The first-order chi connectivity index (χ1) is 11.3. The van der Waals surface area contributed by atoms with Crippen LogP contribution < -0.4 is 10.1 Å². The van der Waals surface area contributed by atoms with Crippen LogP contribution in [0.2, 0.25) is 0 Å². The Morgan fingerprint density at radius 1 is 1.33 bits per heavy atom. The van der Waals surface area contributed by atoms with E-state index in [9.17, 15) is 22.8 Å². The molecule has 0 aromatic heterocycles. The van der Waals surface area contributed by atoms with E-state index in [1.165, 1.54) is 23.1 Å². The number of carboxylic acid groups (broad SMARTS) is 1. The van der Waals surface area contributed by atoms with Crippen LogP contribution in [0.1, 0.15) is 12.0 Å². The minimum Gasteiger partial charge on any atom is -0.491 e. The number of carboxylic acids is 1. The Labute approximate surface area is 136 Å². The molecule has 1 aliphatic rings. The maximum Gasteiger partial charge on any atom is 0.419 e. The lowest BCUT2D eigenvalue weighted by molar-refractivity contribution is -0.141. The number of carbonyl (C=O) groups is 2. The van der Waals surface area contributed by atoms with Crippen molar-refractivity contribution in [3.63, 3.8) is 0 Å². The molecular weight excluding hydrogens is 329 g/mol. The van der Waals surface area contributed by atoms with E-state index in [0.717, 1.165) is 6.07 Å². The number of amides is 2. The minimum atomic E-state index is -4.51. The number of benzene rings is 1. The number of hydrogen-bond donors (Lipinski definition) is 2. The van der Waals surface area contributed by atoms with Crippen molar-refractivity contribution in [1.29, 1.82) is 0 Å². The predicted molar refractivity (Wildman–Crippen MR) is 77.7 cm³/mol. The van der Waals surface area contributed by atoms with Gasteiger partial charge in [-0.25, -0.2) is 4.79 Å². The van der Waals surface area contributed by atoms with Gasteiger partial charge in [0.1, 0.15) is 12.4 Å². The Kier molecular flexibility index (Phi) is 5.53. The lowest BCUT2D eigenvalue weighted by atomic mass is 10.1. The molecule has 2 amide bonds. The third-order valence-corrected chi connectivity index (χ3v) is 3.65. The fourth-order valence-corrected chi connectivity index (χ4v) is 2.40. The molecule has 1 unspecified atom stereocenters. The molecule has 2 rings (SSSR count). The molecule has 1 aromatic rings. The van der Waals surface area contributed by atoms with Crippen molar-refractivity contribution in [1.82, 2.24) is 10.2 Å². The van der Waals surface area contributed by atoms with Gasteiger partial charge < -0.3 is 20.1 Å². The van der Waals surface area contributed by atoms with E-state index in [4.69, 9.17) is 9.84 Å². The SMILES string of the molecule is O=C(O)C1CCN(C(=O)NCCOc2ccccc2C(F)(F)F)C1. The van der Waals surface area contributed by atoms with E-state index in [2.05, 4.69) is 5.32 Å². The molecule has 24 heavy (non-hydrogen) atoms. The van der Waals surface area contributed by atoms with E-state index in [1.54, 1.807) is 0 Å². The molecule has 1 atom stereocenters. The molecule has 1 aliphatic heterocycles. The summed E-state index contributed by atoms with van der Waals surface area (Å²) in [4.78, 5) is 24.0. The van der Waals surface area contributed by atoms with Gasteiger partial charge in [0.05, 0.1) is 18.0 Å². The van der Waals surface area contributed by atoms with Crippen molar-refractivity contribution in [3.05, 3.63) is 29.8 Å². The monoisotopic (exact) mass is 346 g/mol. The van der Waals surface area contributed by atoms with Gasteiger partial charge in [-0.2, -0.15) is 13.2 Å². The fourth-order valence-electron chi connectivity index (χ4n) is 2.40. The molecule has 9 heteroatoms. The lowest BCUT2D eigenvalue weighted by Gasteiger charge is -2.17. The summed E-state index contributed by atoms with van der Waals surface area (Å²) >= 11 is 0. The van der Waals surface area contributed by atoms with Crippen LogP contribution >= 0.6 is 0 Å². The number of nitrogens with one attached hydrogen (secondary N) is 1. The summed E-state index contributed by atoms with van der Waals surface area (Å²) in [6.45, 7) is 0.341. The van der Waals surface area contributed by atoms with Crippen LogP contribution in [0, 0.1) is 5.92 Å². The van der Waals surface area contributed by atoms with Crippen molar-refractivity contribution in [2.75, 3.05) is 26.2 Å².